The number of hydrogen-bond donors (Lipinski definition) is 2. The summed E-state index contributed by atoms with van der Waals surface area (Å²) in [6, 6.07) is 4.47. The summed E-state index contributed by atoms with van der Waals surface area (Å²) in [5.41, 5.74) is 1.20. The van der Waals surface area contributed by atoms with Crippen molar-refractivity contribution in [1.29, 1.82) is 0 Å². The van der Waals surface area contributed by atoms with Crippen LogP contribution >= 0.6 is 0 Å². The molecule has 1 saturated heterocycles. The molecule has 1 atom stereocenters. The molecule has 1 aromatic carbocycles. The Balaban J connectivity index is 1.48. The Morgan fingerprint density at radius 1 is 1.00 bits per heavy atom. The van der Waals surface area contributed by atoms with Crippen molar-refractivity contribution in [2.75, 3.05) is 34.4 Å². The number of amides is 1. The van der Waals surface area contributed by atoms with Gasteiger partial charge in [-0.15, -0.1) is 0 Å². The first kappa shape index (κ1) is 20.8. The molecule has 7 nitrogen and oxygen atoms in total. The second kappa shape index (κ2) is 9.16. The Morgan fingerprint density at radius 2 is 1.73 bits per heavy atom. The standard InChI is InChI=1S/C23H33N3O4/c1-28-19-13-20(29-2)22(30-3)21-17(19)12-18(25-21)23(27)24-15-10-11-26(14-15)16-8-6-4-5-7-9-16/h12-13,15-16,25H,4-11,14H2,1-3H3,(H,24,27). The number of aromatic amines is 1. The highest BCUT2D eigenvalue weighted by Crippen LogP contribution is 2.41. The maximum absolute atomic E-state index is 13.0. The van der Waals surface area contributed by atoms with E-state index in [2.05, 4.69) is 15.2 Å². The fourth-order valence-electron chi connectivity index (χ4n) is 4.98. The topological polar surface area (TPSA) is 75.8 Å². The summed E-state index contributed by atoms with van der Waals surface area (Å²) in [6.45, 7) is 2.01. The van der Waals surface area contributed by atoms with Crippen LogP contribution in [0.3, 0.4) is 0 Å². The lowest BCUT2D eigenvalue weighted by Crippen LogP contribution is -2.39. The second-order valence-corrected chi connectivity index (χ2v) is 8.39. The Labute approximate surface area is 178 Å². The molecule has 0 bridgehead atoms. The normalized spacial score (nSPS) is 20.8. The summed E-state index contributed by atoms with van der Waals surface area (Å²) in [5, 5.41) is 4.02. The summed E-state index contributed by atoms with van der Waals surface area (Å²) in [5.74, 6) is 1.67. The number of nitrogens with one attached hydrogen (secondary N) is 2. The van der Waals surface area contributed by atoms with E-state index in [9.17, 15) is 4.79 Å². The summed E-state index contributed by atoms with van der Waals surface area (Å²) < 4.78 is 16.4. The zero-order valence-electron chi connectivity index (χ0n) is 18.3. The van der Waals surface area contributed by atoms with Crippen molar-refractivity contribution >= 4 is 16.8 Å². The van der Waals surface area contributed by atoms with Gasteiger partial charge in [0.1, 0.15) is 11.4 Å². The zero-order valence-corrected chi connectivity index (χ0v) is 18.3. The number of likely N-dealkylation sites (tertiary alicyclic amines) is 1. The number of ether oxygens (including phenoxy) is 3. The lowest BCUT2D eigenvalue weighted by molar-refractivity contribution is 0.0931. The van der Waals surface area contributed by atoms with Crippen LogP contribution in [0.1, 0.15) is 55.4 Å². The molecule has 2 fully saturated rings. The molecule has 0 radical (unpaired) electrons. The highest BCUT2D eigenvalue weighted by molar-refractivity contribution is 6.02. The number of nitrogens with zero attached hydrogens (tertiary/aromatic N) is 1. The smallest absolute Gasteiger partial charge is 0.267 e. The van der Waals surface area contributed by atoms with Crippen molar-refractivity contribution in [3.05, 3.63) is 17.8 Å². The molecule has 1 amide bonds. The van der Waals surface area contributed by atoms with Gasteiger partial charge in [-0.2, -0.15) is 0 Å². The van der Waals surface area contributed by atoms with Gasteiger partial charge in [-0.3, -0.25) is 9.69 Å². The Morgan fingerprint density at radius 3 is 2.40 bits per heavy atom. The van der Waals surface area contributed by atoms with Crippen LogP contribution in [-0.2, 0) is 0 Å². The molecule has 2 N–H and O–H groups in total. The van der Waals surface area contributed by atoms with Gasteiger partial charge in [0.15, 0.2) is 11.5 Å². The molecule has 164 valence electrons. The quantitative estimate of drug-likeness (QED) is 0.704. The van der Waals surface area contributed by atoms with E-state index in [0.29, 0.717) is 34.5 Å². The molecule has 1 aliphatic carbocycles. The van der Waals surface area contributed by atoms with Crippen LogP contribution in [0.5, 0.6) is 17.2 Å². The van der Waals surface area contributed by atoms with E-state index in [1.165, 1.54) is 38.5 Å². The van der Waals surface area contributed by atoms with E-state index in [0.717, 1.165) is 24.9 Å². The highest BCUT2D eigenvalue weighted by Gasteiger charge is 2.30. The molecule has 1 aromatic heterocycles. The maximum Gasteiger partial charge on any atom is 0.267 e. The van der Waals surface area contributed by atoms with Crippen molar-refractivity contribution in [2.24, 2.45) is 0 Å². The molecule has 1 saturated carbocycles. The molecule has 30 heavy (non-hydrogen) atoms. The largest absolute Gasteiger partial charge is 0.496 e. The summed E-state index contributed by atoms with van der Waals surface area (Å²) >= 11 is 0. The van der Waals surface area contributed by atoms with Crippen LogP contribution < -0.4 is 19.5 Å². The minimum absolute atomic E-state index is 0.0954. The van der Waals surface area contributed by atoms with Crippen molar-refractivity contribution < 1.29 is 19.0 Å². The lowest BCUT2D eigenvalue weighted by atomic mass is 10.1. The Hall–Kier alpha value is -2.41. The van der Waals surface area contributed by atoms with Crippen LogP contribution in [0, 0.1) is 0 Å². The van der Waals surface area contributed by atoms with Crippen LogP contribution in [0.25, 0.3) is 10.9 Å². The Bertz CT molecular complexity index is 886. The highest BCUT2D eigenvalue weighted by atomic mass is 16.5. The molecule has 1 unspecified atom stereocenters. The van der Waals surface area contributed by atoms with Gasteiger partial charge >= 0.3 is 0 Å². The predicted molar refractivity (Wildman–Crippen MR) is 117 cm³/mol. The molecular weight excluding hydrogens is 382 g/mol. The van der Waals surface area contributed by atoms with Gasteiger partial charge in [-0.1, -0.05) is 25.7 Å². The van der Waals surface area contributed by atoms with Gasteiger partial charge in [0.2, 0.25) is 0 Å². The zero-order chi connectivity index (χ0) is 21.1. The number of benzene rings is 1. The average molecular weight is 416 g/mol. The number of methoxy groups -OCH3 is 3. The summed E-state index contributed by atoms with van der Waals surface area (Å²) in [7, 11) is 4.78. The van der Waals surface area contributed by atoms with E-state index < -0.39 is 0 Å². The maximum atomic E-state index is 13.0. The number of rotatable bonds is 6. The fourth-order valence-corrected chi connectivity index (χ4v) is 4.98. The molecule has 2 heterocycles. The molecular formula is C23H33N3O4. The number of carbonyl (C=O) groups is 1. The first-order valence-corrected chi connectivity index (χ1v) is 11.0. The third-order valence-corrected chi connectivity index (χ3v) is 6.58. The fraction of sp³-hybridized carbons (Fsp3) is 0.609. The third kappa shape index (κ3) is 4.08. The van der Waals surface area contributed by atoms with Crippen LogP contribution in [0.15, 0.2) is 12.1 Å². The molecule has 4 rings (SSSR count). The molecule has 2 aliphatic rings. The van der Waals surface area contributed by atoms with E-state index in [4.69, 9.17) is 14.2 Å². The average Bonchev–Trinajstić information content (AvgIpc) is 3.32. The van der Waals surface area contributed by atoms with Crippen molar-refractivity contribution in [1.82, 2.24) is 15.2 Å². The van der Waals surface area contributed by atoms with E-state index >= 15 is 0 Å². The number of H-pyrrole nitrogens is 1. The van der Waals surface area contributed by atoms with Crippen LogP contribution in [0.2, 0.25) is 0 Å². The molecule has 1 aliphatic heterocycles. The van der Waals surface area contributed by atoms with Gasteiger partial charge in [0, 0.05) is 36.6 Å². The van der Waals surface area contributed by atoms with Crippen LogP contribution in [0.4, 0.5) is 0 Å². The number of aromatic nitrogens is 1. The SMILES string of the molecule is COc1cc(OC)c2cc(C(=O)NC3CCN(C4CCCCCC4)C3)[nH]c2c1OC. The monoisotopic (exact) mass is 415 g/mol. The first-order chi connectivity index (χ1) is 14.6. The van der Waals surface area contributed by atoms with E-state index in [1.807, 2.05) is 6.07 Å². The van der Waals surface area contributed by atoms with Gasteiger partial charge in [-0.25, -0.2) is 0 Å². The van der Waals surface area contributed by atoms with Gasteiger partial charge in [0.25, 0.3) is 5.91 Å². The van der Waals surface area contributed by atoms with Gasteiger partial charge in [0.05, 0.1) is 26.8 Å². The minimum atomic E-state index is -0.0954. The third-order valence-electron chi connectivity index (χ3n) is 6.58. The van der Waals surface area contributed by atoms with E-state index in [-0.39, 0.29) is 11.9 Å². The number of fused-ring (bicyclic) bond motifs is 1. The minimum Gasteiger partial charge on any atom is -0.496 e. The van der Waals surface area contributed by atoms with Gasteiger partial charge < -0.3 is 24.5 Å². The van der Waals surface area contributed by atoms with Crippen molar-refractivity contribution in [3.63, 3.8) is 0 Å². The Kier molecular flexibility index (Phi) is 6.37. The van der Waals surface area contributed by atoms with E-state index in [1.54, 1.807) is 27.4 Å². The van der Waals surface area contributed by atoms with Crippen molar-refractivity contribution in [2.45, 2.75) is 57.0 Å². The van der Waals surface area contributed by atoms with Crippen molar-refractivity contribution in [3.8, 4) is 17.2 Å². The second-order valence-electron chi connectivity index (χ2n) is 8.39. The number of hydrogen-bond acceptors (Lipinski definition) is 5. The predicted octanol–water partition coefficient (Wildman–Crippen LogP) is 3.72. The summed E-state index contributed by atoms with van der Waals surface area (Å²) in [4.78, 5) is 18.8. The lowest BCUT2D eigenvalue weighted by Gasteiger charge is -2.26. The molecule has 7 heteroatoms. The van der Waals surface area contributed by atoms with Crippen LogP contribution in [-0.4, -0.2) is 62.3 Å². The molecule has 2 aromatic rings. The summed E-state index contributed by atoms with van der Waals surface area (Å²) in [6.07, 6.45) is 8.99. The first-order valence-electron chi connectivity index (χ1n) is 11.0. The van der Waals surface area contributed by atoms with Gasteiger partial charge in [-0.05, 0) is 25.3 Å². The number of carbonyl (C=O) groups excluding carboxylic acids is 1. The molecule has 0 spiro atoms.